The summed E-state index contributed by atoms with van der Waals surface area (Å²) >= 11 is 3.12. The first-order chi connectivity index (χ1) is 15.5. The molecule has 0 aliphatic carbocycles. The number of alkyl halides is 3. The van der Waals surface area contributed by atoms with Gasteiger partial charge in [-0.05, 0) is 35.7 Å². The smallest absolute Gasteiger partial charge is 0.319 e. The molecule has 0 aliphatic heterocycles. The van der Waals surface area contributed by atoms with Crippen LogP contribution in [-0.4, -0.2) is 20.5 Å². The van der Waals surface area contributed by atoms with Crippen molar-refractivity contribution in [3.8, 4) is 11.3 Å². The average Bonchev–Trinajstić information content (AvgIpc) is 3.18. The largest absolute Gasteiger partial charge is 0.433 e. The molecule has 2 aromatic heterocycles. The predicted molar refractivity (Wildman–Crippen MR) is 120 cm³/mol. The van der Waals surface area contributed by atoms with Gasteiger partial charge in [0.1, 0.15) is 11.4 Å². The second-order valence-electron chi connectivity index (χ2n) is 7.67. The highest BCUT2D eigenvalue weighted by atomic mass is 79.9. The highest BCUT2D eigenvalue weighted by molar-refractivity contribution is 9.10. The number of anilines is 1. The molecule has 170 valence electrons. The third kappa shape index (κ3) is 4.61. The molecule has 1 amide bonds. The fourth-order valence-electron chi connectivity index (χ4n) is 3.29. The van der Waals surface area contributed by atoms with E-state index < -0.39 is 23.6 Å². The highest BCUT2D eigenvalue weighted by Gasteiger charge is 2.36. The van der Waals surface area contributed by atoms with Crippen LogP contribution in [0.1, 0.15) is 41.4 Å². The molecule has 1 N–H and O–H groups in total. The third-order valence-electron chi connectivity index (χ3n) is 5.06. The molecule has 0 radical (unpaired) electrons. The SMILES string of the molecule is CC(C)c1ccc(-c2cc(C(F)(F)F)n3ncc(C(=O)Nc4ccc(Br)cc4F)c3n2)cc1. The van der Waals surface area contributed by atoms with Crippen LogP contribution in [0.2, 0.25) is 0 Å². The van der Waals surface area contributed by atoms with E-state index in [1.54, 1.807) is 12.1 Å². The fraction of sp³-hybridized carbons (Fsp3) is 0.174. The molecule has 0 atom stereocenters. The summed E-state index contributed by atoms with van der Waals surface area (Å²) in [5, 5.41) is 6.09. The number of aromatic nitrogens is 3. The maximum absolute atomic E-state index is 14.1. The Balaban J connectivity index is 1.81. The molecule has 33 heavy (non-hydrogen) atoms. The zero-order chi connectivity index (χ0) is 23.9. The molecule has 4 aromatic rings. The molecule has 4 rings (SSSR count). The Morgan fingerprint density at radius 1 is 1.09 bits per heavy atom. The number of benzene rings is 2. The van der Waals surface area contributed by atoms with Crippen molar-refractivity contribution >= 4 is 33.2 Å². The molecule has 5 nitrogen and oxygen atoms in total. The van der Waals surface area contributed by atoms with Gasteiger partial charge in [0.2, 0.25) is 0 Å². The van der Waals surface area contributed by atoms with Crippen LogP contribution in [0.25, 0.3) is 16.9 Å². The number of fused-ring (bicyclic) bond motifs is 1. The van der Waals surface area contributed by atoms with E-state index in [2.05, 4.69) is 31.3 Å². The molecule has 2 heterocycles. The van der Waals surface area contributed by atoms with Gasteiger partial charge in [0.25, 0.3) is 5.91 Å². The number of halogens is 5. The first-order valence-electron chi connectivity index (χ1n) is 9.87. The molecule has 0 bridgehead atoms. The first kappa shape index (κ1) is 22.9. The Morgan fingerprint density at radius 3 is 2.39 bits per heavy atom. The quantitative estimate of drug-likeness (QED) is 0.305. The van der Waals surface area contributed by atoms with Crippen LogP contribution in [0.5, 0.6) is 0 Å². The topological polar surface area (TPSA) is 59.3 Å². The van der Waals surface area contributed by atoms with Gasteiger partial charge in [-0.3, -0.25) is 4.79 Å². The van der Waals surface area contributed by atoms with Crippen LogP contribution < -0.4 is 5.32 Å². The zero-order valence-corrected chi connectivity index (χ0v) is 19.0. The van der Waals surface area contributed by atoms with Crippen LogP contribution in [0, 0.1) is 5.82 Å². The Bertz CT molecular complexity index is 1350. The third-order valence-corrected chi connectivity index (χ3v) is 5.55. The van der Waals surface area contributed by atoms with E-state index in [9.17, 15) is 22.4 Å². The van der Waals surface area contributed by atoms with Gasteiger partial charge >= 0.3 is 6.18 Å². The van der Waals surface area contributed by atoms with E-state index in [1.165, 1.54) is 12.1 Å². The number of carbonyl (C=O) groups excluding carboxylic acids is 1. The van der Waals surface area contributed by atoms with E-state index in [0.29, 0.717) is 14.6 Å². The monoisotopic (exact) mass is 520 g/mol. The van der Waals surface area contributed by atoms with Gasteiger partial charge in [-0.1, -0.05) is 54.0 Å². The Hall–Kier alpha value is -3.27. The van der Waals surface area contributed by atoms with Crippen molar-refractivity contribution in [2.24, 2.45) is 0 Å². The molecule has 0 fully saturated rings. The maximum Gasteiger partial charge on any atom is 0.433 e. The normalized spacial score (nSPS) is 11.9. The Labute approximate surface area is 194 Å². The summed E-state index contributed by atoms with van der Waals surface area (Å²) in [6, 6.07) is 11.9. The second kappa shape index (κ2) is 8.58. The van der Waals surface area contributed by atoms with E-state index in [0.717, 1.165) is 23.9 Å². The Morgan fingerprint density at radius 2 is 1.79 bits per heavy atom. The lowest BCUT2D eigenvalue weighted by Gasteiger charge is -2.12. The van der Waals surface area contributed by atoms with E-state index in [4.69, 9.17) is 0 Å². The van der Waals surface area contributed by atoms with Crippen LogP contribution in [0.15, 0.2) is 59.2 Å². The van der Waals surface area contributed by atoms with E-state index in [1.807, 2.05) is 26.0 Å². The highest BCUT2D eigenvalue weighted by Crippen LogP contribution is 2.33. The number of nitrogens with one attached hydrogen (secondary N) is 1. The van der Waals surface area contributed by atoms with E-state index in [-0.39, 0.29) is 28.5 Å². The lowest BCUT2D eigenvalue weighted by Crippen LogP contribution is -2.16. The molecule has 0 saturated carbocycles. The lowest BCUT2D eigenvalue weighted by molar-refractivity contribution is -0.142. The van der Waals surface area contributed by atoms with Gasteiger partial charge in [-0.25, -0.2) is 13.9 Å². The summed E-state index contributed by atoms with van der Waals surface area (Å²) in [7, 11) is 0. The summed E-state index contributed by atoms with van der Waals surface area (Å²) < 4.78 is 56.5. The summed E-state index contributed by atoms with van der Waals surface area (Å²) in [6.07, 6.45) is -3.76. The predicted octanol–water partition coefficient (Wildman–Crippen LogP) is 6.69. The molecule has 0 saturated heterocycles. The van der Waals surface area contributed by atoms with Gasteiger partial charge in [0.05, 0.1) is 17.6 Å². The number of nitrogens with zero attached hydrogens (tertiary/aromatic N) is 3. The molecule has 10 heteroatoms. The van der Waals surface area contributed by atoms with Crippen molar-refractivity contribution in [2.75, 3.05) is 5.32 Å². The number of rotatable bonds is 4. The average molecular weight is 521 g/mol. The molecular weight excluding hydrogens is 504 g/mol. The Kier molecular flexibility index (Phi) is 5.96. The van der Waals surface area contributed by atoms with E-state index >= 15 is 0 Å². The lowest BCUT2D eigenvalue weighted by atomic mass is 10.0. The standard InChI is InChI=1S/C23H17BrF4N4O/c1-12(2)13-3-5-14(6-4-13)19-10-20(23(26,27)28)32-21(30-19)16(11-29-32)22(33)31-18-8-7-15(24)9-17(18)25/h3-12H,1-2H3,(H,31,33). The first-order valence-corrected chi connectivity index (χ1v) is 10.7. The van der Waals surface area contributed by atoms with Gasteiger partial charge in [0.15, 0.2) is 11.3 Å². The fourth-order valence-corrected chi connectivity index (χ4v) is 3.63. The molecule has 2 aromatic carbocycles. The van der Waals surface area contributed by atoms with Crippen LogP contribution in [-0.2, 0) is 6.18 Å². The number of carbonyl (C=O) groups is 1. The molecule has 0 spiro atoms. The van der Waals surface area contributed by atoms with Crippen molar-refractivity contribution in [3.63, 3.8) is 0 Å². The van der Waals surface area contributed by atoms with Crippen molar-refractivity contribution in [1.82, 2.24) is 14.6 Å². The molecule has 0 unspecified atom stereocenters. The van der Waals surface area contributed by atoms with Gasteiger partial charge in [-0.15, -0.1) is 0 Å². The van der Waals surface area contributed by atoms with Crippen LogP contribution in [0.4, 0.5) is 23.2 Å². The summed E-state index contributed by atoms with van der Waals surface area (Å²) in [5.41, 5.74) is -0.195. The number of hydrogen-bond acceptors (Lipinski definition) is 3. The molecular formula is C23H17BrF4N4O. The summed E-state index contributed by atoms with van der Waals surface area (Å²) in [5.74, 6) is -1.28. The summed E-state index contributed by atoms with van der Waals surface area (Å²) in [6.45, 7) is 4.01. The second-order valence-corrected chi connectivity index (χ2v) is 8.59. The molecule has 0 aliphatic rings. The summed E-state index contributed by atoms with van der Waals surface area (Å²) in [4.78, 5) is 17.1. The number of amides is 1. The van der Waals surface area contributed by atoms with Crippen LogP contribution >= 0.6 is 15.9 Å². The van der Waals surface area contributed by atoms with Gasteiger partial charge in [0, 0.05) is 10.0 Å². The zero-order valence-electron chi connectivity index (χ0n) is 17.4. The van der Waals surface area contributed by atoms with Crippen molar-refractivity contribution in [3.05, 3.63) is 81.8 Å². The van der Waals surface area contributed by atoms with Crippen molar-refractivity contribution in [1.29, 1.82) is 0 Å². The van der Waals surface area contributed by atoms with Gasteiger partial charge in [-0.2, -0.15) is 18.3 Å². The minimum atomic E-state index is -4.74. The maximum atomic E-state index is 14.1. The van der Waals surface area contributed by atoms with Crippen molar-refractivity contribution in [2.45, 2.75) is 25.9 Å². The minimum absolute atomic E-state index is 0.0366. The van der Waals surface area contributed by atoms with Crippen molar-refractivity contribution < 1.29 is 22.4 Å². The van der Waals surface area contributed by atoms with Gasteiger partial charge < -0.3 is 5.32 Å². The number of hydrogen-bond donors (Lipinski definition) is 1. The minimum Gasteiger partial charge on any atom is -0.319 e. The van der Waals surface area contributed by atoms with Crippen LogP contribution in [0.3, 0.4) is 0 Å².